The van der Waals surface area contributed by atoms with Crippen molar-refractivity contribution in [1.29, 1.82) is 0 Å². The van der Waals surface area contributed by atoms with Crippen LogP contribution in [0.4, 0.5) is 0 Å². The Morgan fingerprint density at radius 2 is 2.42 bits per heavy atom. The first-order chi connectivity index (χ1) is 5.68. The van der Waals surface area contributed by atoms with Crippen molar-refractivity contribution >= 4 is 23.3 Å². The minimum atomic E-state index is -0.137. The number of aliphatic imine (C=N–C) groups is 1. The molecule has 0 aliphatic carbocycles. The molecule has 0 bridgehead atoms. The van der Waals surface area contributed by atoms with Gasteiger partial charge in [-0.05, 0) is 18.6 Å². The number of carbonyl (C=O) groups excluding carboxylic acids is 1. The molecule has 0 saturated carbocycles. The number of nitrogens with zero attached hydrogens (tertiary/aromatic N) is 2. The Morgan fingerprint density at radius 3 is 3.17 bits per heavy atom. The van der Waals surface area contributed by atoms with E-state index < -0.39 is 0 Å². The van der Waals surface area contributed by atoms with Gasteiger partial charge in [0.15, 0.2) is 5.84 Å². The van der Waals surface area contributed by atoms with E-state index in [1.54, 1.807) is 4.90 Å². The molecule has 0 aromatic carbocycles. The Morgan fingerprint density at radius 1 is 1.67 bits per heavy atom. The normalized spacial score (nSPS) is 21.7. The third kappa shape index (κ3) is 0.975. The fourth-order valence-corrected chi connectivity index (χ4v) is 1.40. The molecule has 4 heteroatoms. The number of fused-ring (bicyclic) bond motifs is 1. The zero-order valence-electron chi connectivity index (χ0n) is 6.54. The smallest absolute Gasteiger partial charge is 0.267 e. The fraction of sp³-hybridized carbons (Fsp3) is 0.250. The van der Waals surface area contributed by atoms with Gasteiger partial charge >= 0.3 is 0 Å². The number of halogens is 1. The molecule has 2 heterocycles. The molecule has 0 aromatic heterocycles. The third-order valence-corrected chi connectivity index (χ3v) is 2.32. The molecule has 3 nitrogen and oxygen atoms in total. The molecule has 0 atom stereocenters. The van der Waals surface area contributed by atoms with E-state index in [1.165, 1.54) is 0 Å². The first-order valence-electron chi connectivity index (χ1n) is 3.61. The summed E-state index contributed by atoms with van der Waals surface area (Å²) >= 11 is 5.94. The molecule has 2 rings (SSSR count). The number of amidine groups is 1. The van der Waals surface area contributed by atoms with E-state index in [2.05, 4.69) is 4.99 Å². The van der Waals surface area contributed by atoms with E-state index >= 15 is 0 Å². The lowest BCUT2D eigenvalue weighted by atomic mass is 10.2. The van der Waals surface area contributed by atoms with Gasteiger partial charge in [-0.25, -0.2) is 0 Å². The molecular formula is C8H7ClN2O. The van der Waals surface area contributed by atoms with Gasteiger partial charge in [0, 0.05) is 6.20 Å². The molecule has 2 aliphatic heterocycles. The number of allylic oxidation sites excluding steroid dienone is 2. The average Bonchev–Trinajstić information content (AvgIpc) is 2.39. The van der Waals surface area contributed by atoms with Crippen LogP contribution in [0.3, 0.4) is 0 Å². The van der Waals surface area contributed by atoms with Crippen LogP contribution in [0.2, 0.25) is 0 Å². The van der Waals surface area contributed by atoms with Crippen molar-refractivity contribution in [3.63, 3.8) is 0 Å². The highest BCUT2D eigenvalue weighted by molar-refractivity contribution is 6.45. The van der Waals surface area contributed by atoms with E-state index in [0.29, 0.717) is 17.4 Å². The van der Waals surface area contributed by atoms with Crippen LogP contribution < -0.4 is 0 Å². The standard InChI is InChI=1S/C8H7ClN2O/c1-5-2-3-11-4-6(12)10-8(11)7(5)9/h2-3H,4H2,1H3. The average molecular weight is 183 g/mol. The highest BCUT2D eigenvalue weighted by Crippen LogP contribution is 2.23. The molecule has 2 aliphatic rings. The lowest BCUT2D eigenvalue weighted by molar-refractivity contribution is -0.116. The Balaban J connectivity index is 2.47. The summed E-state index contributed by atoms with van der Waals surface area (Å²) in [4.78, 5) is 16.5. The molecule has 0 unspecified atom stereocenters. The zero-order chi connectivity index (χ0) is 8.72. The van der Waals surface area contributed by atoms with Crippen LogP contribution in [-0.2, 0) is 4.79 Å². The maximum Gasteiger partial charge on any atom is 0.267 e. The van der Waals surface area contributed by atoms with Crippen LogP contribution in [0.1, 0.15) is 6.92 Å². The van der Waals surface area contributed by atoms with E-state index in [1.807, 2.05) is 19.2 Å². The topological polar surface area (TPSA) is 32.7 Å². The Labute approximate surface area is 75.0 Å². The highest BCUT2D eigenvalue weighted by Gasteiger charge is 2.26. The summed E-state index contributed by atoms with van der Waals surface area (Å²) in [5, 5.41) is 0.573. The minimum Gasteiger partial charge on any atom is -0.322 e. The van der Waals surface area contributed by atoms with Gasteiger partial charge in [0.2, 0.25) is 0 Å². The van der Waals surface area contributed by atoms with E-state index in [4.69, 9.17) is 11.6 Å². The molecule has 0 saturated heterocycles. The predicted octanol–water partition coefficient (Wildman–Crippen LogP) is 1.27. The van der Waals surface area contributed by atoms with Gasteiger partial charge in [-0.3, -0.25) is 4.79 Å². The zero-order valence-corrected chi connectivity index (χ0v) is 7.30. The second-order valence-electron chi connectivity index (χ2n) is 2.77. The lowest BCUT2D eigenvalue weighted by Crippen LogP contribution is -2.25. The molecule has 62 valence electrons. The van der Waals surface area contributed by atoms with Gasteiger partial charge < -0.3 is 4.90 Å². The number of hydrogen-bond acceptors (Lipinski definition) is 2. The Hall–Kier alpha value is -1.09. The number of rotatable bonds is 0. The van der Waals surface area contributed by atoms with Crippen molar-refractivity contribution in [2.24, 2.45) is 4.99 Å². The van der Waals surface area contributed by atoms with Gasteiger partial charge in [-0.15, -0.1) is 0 Å². The van der Waals surface area contributed by atoms with Crippen molar-refractivity contribution < 1.29 is 4.79 Å². The van der Waals surface area contributed by atoms with Gasteiger partial charge in [-0.2, -0.15) is 4.99 Å². The molecule has 0 spiro atoms. The molecule has 0 fully saturated rings. The first kappa shape index (κ1) is 7.55. The van der Waals surface area contributed by atoms with Crippen molar-refractivity contribution in [1.82, 2.24) is 4.90 Å². The van der Waals surface area contributed by atoms with Crippen LogP contribution in [0.15, 0.2) is 27.9 Å². The first-order valence-corrected chi connectivity index (χ1v) is 3.99. The summed E-state index contributed by atoms with van der Waals surface area (Å²) in [6.07, 6.45) is 3.70. The molecular weight excluding hydrogens is 176 g/mol. The molecule has 0 N–H and O–H groups in total. The molecule has 1 amide bonds. The summed E-state index contributed by atoms with van der Waals surface area (Å²) in [6.45, 7) is 2.21. The number of carbonyl (C=O) groups is 1. The van der Waals surface area contributed by atoms with Gasteiger partial charge in [0.25, 0.3) is 5.91 Å². The second kappa shape index (κ2) is 2.45. The van der Waals surface area contributed by atoms with Crippen molar-refractivity contribution in [3.05, 3.63) is 22.9 Å². The van der Waals surface area contributed by atoms with Crippen molar-refractivity contribution in [3.8, 4) is 0 Å². The number of hydrogen-bond donors (Lipinski definition) is 0. The van der Waals surface area contributed by atoms with E-state index in [-0.39, 0.29) is 5.91 Å². The predicted molar refractivity (Wildman–Crippen MR) is 46.8 cm³/mol. The van der Waals surface area contributed by atoms with Crippen molar-refractivity contribution in [2.75, 3.05) is 6.54 Å². The fourth-order valence-electron chi connectivity index (χ4n) is 1.19. The van der Waals surface area contributed by atoms with E-state index in [0.717, 1.165) is 5.57 Å². The van der Waals surface area contributed by atoms with Gasteiger partial charge in [0.1, 0.15) is 6.54 Å². The Bertz CT molecular complexity index is 341. The highest BCUT2D eigenvalue weighted by atomic mass is 35.5. The Kier molecular flexibility index (Phi) is 1.54. The van der Waals surface area contributed by atoms with Crippen LogP contribution in [-0.4, -0.2) is 23.2 Å². The summed E-state index contributed by atoms with van der Waals surface area (Å²) in [7, 11) is 0. The van der Waals surface area contributed by atoms with Crippen molar-refractivity contribution in [2.45, 2.75) is 6.92 Å². The van der Waals surface area contributed by atoms with Gasteiger partial charge in [0.05, 0.1) is 5.03 Å². The molecule has 12 heavy (non-hydrogen) atoms. The van der Waals surface area contributed by atoms with E-state index in [9.17, 15) is 4.79 Å². The number of amides is 1. The van der Waals surface area contributed by atoms with Crippen LogP contribution in [0.5, 0.6) is 0 Å². The SMILES string of the molecule is CC1=C(Cl)C2=NC(=O)CN2C=C1. The molecule has 0 aromatic rings. The van der Waals surface area contributed by atoms with Crippen LogP contribution in [0.25, 0.3) is 0 Å². The summed E-state index contributed by atoms with van der Waals surface area (Å²) in [5.74, 6) is 0.448. The summed E-state index contributed by atoms with van der Waals surface area (Å²) in [6, 6.07) is 0. The molecule has 0 radical (unpaired) electrons. The third-order valence-electron chi connectivity index (χ3n) is 1.86. The van der Waals surface area contributed by atoms with Crippen LogP contribution >= 0.6 is 11.6 Å². The summed E-state index contributed by atoms with van der Waals surface area (Å²) < 4.78 is 0. The second-order valence-corrected chi connectivity index (χ2v) is 3.15. The monoisotopic (exact) mass is 182 g/mol. The minimum absolute atomic E-state index is 0.137. The van der Waals surface area contributed by atoms with Gasteiger partial charge in [-0.1, -0.05) is 11.6 Å². The quantitative estimate of drug-likeness (QED) is 0.565. The maximum absolute atomic E-state index is 10.9. The maximum atomic E-state index is 10.9. The van der Waals surface area contributed by atoms with Crippen LogP contribution in [0, 0.1) is 0 Å². The summed E-state index contributed by atoms with van der Waals surface area (Å²) in [5.41, 5.74) is 0.946. The largest absolute Gasteiger partial charge is 0.322 e. The lowest BCUT2D eigenvalue weighted by Gasteiger charge is -2.18.